The summed E-state index contributed by atoms with van der Waals surface area (Å²) >= 11 is 0. The second kappa shape index (κ2) is 6.19. The van der Waals surface area contributed by atoms with Crippen LogP contribution in [0, 0.1) is 0 Å². The van der Waals surface area contributed by atoms with Crippen LogP contribution in [0.15, 0.2) is 24.3 Å². The summed E-state index contributed by atoms with van der Waals surface area (Å²) in [4.78, 5) is 22.2. The van der Waals surface area contributed by atoms with Crippen LogP contribution in [0.2, 0.25) is 0 Å². The summed E-state index contributed by atoms with van der Waals surface area (Å²) in [6, 6.07) is 7.70. The fourth-order valence-corrected chi connectivity index (χ4v) is 2.05. The molecule has 0 fully saturated rings. The van der Waals surface area contributed by atoms with Crippen molar-refractivity contribution < 1.29 is 19.4 Å². The number of carbonyl (C=O) groups excluding carboxylic acids is 1. The SMILES string of the molecule is O=C(O)COCCNC(=O)C1CNc2ccccc21. The topological polar surface area (TPSA) is 87.7 Å². The number of nitrogens with one attached hydrogen (secondary N) is 2. The number of benzene rings is 1. The molecule has 0 spiro atoms. The Kier molecular flexibility index (Phi) is 4.35. The van der Waals surface area contributed by atoms with Gasteiger partial charge in [0.2, 0.25) is 5.91 Å². The number of hydrogen-bond acceptors (Lipinski definition) is 4. The average Bonchev–Trinajstić information content (AvgIpc) is 2.81. The summed E-state index contributed by atoms with van der Waals surface area (Å²) in [5.41, 5.74) is 1.98. The number of carbonyl (C=O) groups is 2. The van der Waals surface area contributed by atoms with E-state index in [1.807, 2.05) is 24.3 Å². The monoisotopic (exact) mass is 264 g/mol. The number of anilines is 1. The normalized spacial score (nSPS) is 16.5. The largest absolute Gasteiger partial charge is 0.480 e. The Morgan fingerprint density at radius 1 is 1.42 bits per heavy atom. The van der Waals surface area contributed by atoms with Gasteiger partial charge in [-0.1, -0.05) is 18.2 Å². The summed E-state index contributed by atoms with van der Waals surface area (Å²) < 4.78 is 4.85. The molecular formula is C13H16N2O4. The number of para-hydroxylation sites is 1. The zero-order chi connectivity index (χ0) is 13.7. The number of fused-ring (bicyclic) bond motifs is 1. The zero-order valence-corrected chi connectivity index (χ0v) is 10.4. The van der Waals surface area contributed by atoms with Crippen molar-refractivity contribution in [3.63, 3.8) is 0 Å². The number of aliphatic carboxylic acids is 1. The average molecular weight is 264 g/mol. The highest BCUT2D eigenvalue weighted by atomic mass is 16.5. The first-order valence-corrected chi connectivity index (χ1v) is 6.08. The first kappa shape index (κ1) is 13.4. The van der Waals surface area contributed by atoms with Gasteiger partial charge in [-0.15, -0.1) is 0 Å². The molecular weight excluding hydrogens is 248 g/mol. The van der Waals surface area contributed by atoms with E-state index in [1.54, 1.807) is 0 Å². The van der Waals surface area contributed by atoms with Crippen LogP contribution in [0.3, 0.4) is 0 Å². The molecule has 1 unspecified atom stereocenters. The number of rotatable bonds is 6. The summed E-state index contributed by atoms with van der Waals surface area (Å²) in [5, 5.41) is 14.3. The van der Waals surface area contributed by atoms with Crippen LogP contribution in [-0.2, 0) is 14.3 Å². The standard InChI is InChI=1S/C13H16N2O4/c16-12(17)8-19-6-5-14-13(18)10-7-15-11-4-2-1-3-9(10)11/h1-4,10,15H,5-8H2,(H,14,18)(H,16,17). The first-order chi connectivity index (χ1) is 9.18. The molecule has 0 saturated heterocycles. The zero-order valence-electron chi connectivity index (χ0n) is 10.4. The molecule has 1 aromatic rings. The van der Waals surface area contributed by atoms with Gasteiger partial charge >= 0.3 is 5.97 Å². The number of carboxylic acids is 1. The van der Waals surface area contributed by atoms with Crippen LogP contribution >= 0.6 is 0 Å². The Bertz CT molecular complexity index is 475. The minimum absolute atomic E-state index is 0.0728. The maximum absolute atomic E-state index is 12.0. The van der Waals surface area contributed by atoms with Crippen LogP contribution in [0.5, 0.6) is 0 Å². The van der Waals surface area contributed by atoms with Crippen LogP contribution in [-0.4, -0.2) is 43.3 Å². The lowest BCUT2D eigenvalue weighted by Crippen LogP contribution is -2.33. The van der Waals surface area contributed by atoms with Gasteiger partial charge in [-0.3, -0.25) is 4.79 Å². The quantitative estimate of drug-likeness (QED) is 0.648. The van der Waals surface area contributed by atoms with E-state index >= 15 is 0 Å². The molecule has 0 bridgehead atoms. The van der Waals surface area contributed by atoms with E-state index in [0.717, 1.165) is 11.3 Å². The second-order valence-electron chi connectivity index (χ2n) is 4.26. The lowest BCUT2D eigenvalue weighted by atomic mass is 10.0. The Hall–Kier alpha value is -2.08. The third-order valence-corrected chi connectivity index (χ3v) is 2.92. The molecule has 0 aromatic heterocycles. The van der Waals surface area contributed by atoms with Crippen molar-refractivity contribution in [2.75, 3.05) is 31.6 Å². The summed E-state index contributed by atoms with van der Waals surface area (Å²) in [6.07, 6.45) is 0. The number of carboxylic acid groups (broad SMARTS) is 1. The molecule has 102 valence electrons. The van der Waals surface area contributed by atoms with Crippen LogP contribution in [0.1, 0.15) is 11.5 Å². The molecule has 0 aliphatic carbocycles. The van der Waals surface area contributed by atoms with E-state index in [9.17, 15) is 9.59 Å². The molecule has 1 aromatic carbocycles. The smallest absolute Gasteiger partial charge is 0.329 e. The fourth-order valence-electron chi connectivity index (χ4n) is 2.05. The number of amides is 1. The molecule has 1 heterocycles. The Balaban J connectivity index is 1.77. The van der Waals surface area contributed by atoms with Crippen molar-refractivity contribution >= 4 is 17.6 Å². The van der Waals surface area contributed by atoms with Gasteiger partial charge in [-0.05, 0) is 11.6 Å². The Labute approximate surface area is 110 Å². The van der Waals surface area contributed by atoms with E-state index in [2.05, 4.69) is 10.6 Å². The molecule has 1 atom stereocenters. The molecule has 1 amide bonds. The Morgan fingerprint density at radius 2 is 2.21 bits per heavy atom. The fraction of sp³-hybridized carbons (Fsp3) is 0.385. The van der Waals surface area contributed by atoms with Gasteiger partial charge in [-0.2, -0.15) is 0 Å². The van der Waals surface area contributed by atoms with Crippen LogP contribution in [0.4, 0.5) is 5.69 Å². The predicted octanol–water partition coefficient (Wildman–Crippen LogP) is 0.413. The van der Waals surface area contributed by atoms with Crippen LogP contribution in [0.25, 0.3) is 0 Å². The minimum atomic E-state index is -1.01. The lowest BCUT2D eigenvalue weighted by molar-refractivity contribution is -0.142. The van der Waals surface area contributed by atoms with Crippen molar-refractivity contribution in [2.24, 2.45) is 0 Å². The van der Waals surface area contributed by atoms with Crippen molar-refractivity contribution in [2.45, 2.75) is 5.92 Å². The molecule has 19 heavy (non-hydrogen) atoms. The first-order valence-electron chi connectivity index (χ1n) is 6.08. The van der Waals surface area contributed by atoms with E-state index in [-0.39, 0.29) is 25.0 Å². The summed E-state index contributed by atoms with van der Waals surface area (Å²) in [5.74, 6) is -1.28. The van der Waals surface area contributed by atoms with E-state index < -0.39 is 5.97 Å². The van der Waals surface area contributed by atoms with Gasteiger partial charge in [-0.25, -0.2) is 4.79 Å². The molecule has 2 rings (SSSR count). The Morgan fingerprint density at radius 3 is 3.00 bits per heavy atom. The van der Waals surface area contributed by atoms with E-state index in [4.69, 9.17) is 9.84 Å². The highest BCUT2D eigenvalue weighted by Gasteiger charge is 2.27. The molecule has 6 heteroatoms. The van der Waals surface area contributed by atoms with Crippen molar-refractivity contribution in [1.82, 2.24) is 5.32 Å². The van der Waals surface area contributed by atoms with Crippen LogP contribution < -0.4 is 10.6 Å². The molecule has 0 saturated carbocycles. The maximum atomic E-state index is 12.0. The number of hydrogen-bond donors (Lipinski definition) is 3. The van der Waals surface area contributed by atoms with Crippen molar-refractivity contribution in [3.8, 4) is 0 Å². The number of ether oxygens (including phenoxy) is 1. The van der Waals surface area contributed by atoms with Crippen molar-refractivity contribution in [1.29, 1.82) is 0 Å². The molecule has 1 aliphatic rings. The van der Waals surface area contributed by atoms with Gasteiger partial charge in [0.1, 0.15) is 6.61 Å². The van der Waals surface area contributed by atoms with Gasteiger partial charge < -0.3 is 20.5 Å². The third kappa shape index (κ3) is 3.45. The summed E-state index contributed by atoms with van der Waals surface area (Å²) in [6.45, 7) is 0.746. The lowest BCUT2D eigenvalue weighted by Gasteiger charge is -2.11. The highest BCUT2D eigenvalue weighted by Crippen LogP contribution is 2.30. The summed E-state index contributed by atoms with van der Waals surface area (Å²) in [7, 11) is 0. The van der Waals surface area contributed by atoms with Gasteiger partial charge in [0.25, 0.3) is 0 Å². The van der Waals surface area contributed by atoms with Gasteiger partial charge in [0.05, 0.1) is 12.5 Å². The predicted molar refractivity (Wildman–Crippen MR) is 69.1 cm³/mol. The van der Waals surface area contributed by atoms with Gasteiger partial charge in [0, 0.05) is 18.8 Å². The molecule has 0 radical (unpaired) electrons. The van der Waals surface area contributed by atoms with E-state index in [1.165, 1.54) is 0 Å². The van der Waals surface area contributed by atoms with Crippen molar-refractivity contribution in [3.05, 3.63) is 29.8 Å². The highest BCUT2D eigenvalue weighted by molar-refractivity contribution is 5.88. The minimum Gasteiger partial charge on any atom is -0.480 e. The van der Waals surface area contributed by atoms with Gasteiger partial charge in [0.15, 0.2) is 0 Å². The third-order valence-electron chi connectivity index (χ3n) is 2.92. The molecule has 1 aliphatic heterocycles. The van der Waals surface area contributed by atoms with E-state index in [0.29, 0.717) is 13.1 Å². The molecule has 6 nitrogen and oxygen atoms in total. The molecule has 3 N–H and O–H groups in total. The maximum Gasteiger partial charge on any atom is 0.329 e. The second-order valence-corrected chi connectivity index (χ2v) is 4.26.